The molecule has 38 heavy (non-hydrogen) atoms. The smallest absolute Gasteiger partial charge is 0.412 e. The van der Waals surface area contributed by atoms with Gasteiger partial charge in [0.05, 0.1) is 22.6 Å². The first kappa shape index (κ1) is 26.1. The minimum absolute atomic E-state index is 0.240. The molecule has 1 amide bonds. The normalized spacial score (nSPS) is 14.5. The van der Waals surface area contributed by atoms with Crippen LogP contribution in [-0.2, 0) is 19.7 Å². The molecule has 2 aromatic heterocycles. The van der Waals surface area contributed by atoms with E-state index in [0.717, 1.165) is 44.0 Å². The monoisotopic (exact) mass is 549 g/mol. The Labute approximate surface area is 229 Å². The van der Waals surface area contributed by atoms with Crippen molar-refractivity contribution in [1.29, 1.82) is 0 Å². The van der Waals surface area contributed by atoms with Gasteiger partial charge in [0.2, 0.25) is 0 Å². The Morgan fingerprint density at radius 3 is 2.50 bits per heavy atom. The summed E-state index contributed by atoms with van der Waals surface area (Å²) in [5, 5.41) is 4.28. The number of anilines is 1. The summed E-state index contributed by atoms with van der Waals surface area (Å²) in [4.78, 5) is 27.3. The average Bonchev–Trinajstić information content (AvgIpc) is 3.48. The number of ether oxygens (including phenoxy) is 2. The Morgan fingerprint density at radius 2 is 1.84 bits per heavy atom. The number of carbonyl (C=O) groups is 2. The summed E-state index contributed by atoms with van der Waals surface area (Å²) in [5.74, 6) is -0.240. The highest BCUT2D eigenvalue weighted by molar-refractivity contribution is 7.14. The second-order valence-corrected chi connectivity index (χ2v) is 11.4. The van der Waals surface area contributed by atoms with Gasteiger partial charge in [-0.1, -0.05) is 42.5 Å². The number of amides is 1. The van der Waals surface area contributed by atoms with E-state index in [1.165, 1.54) is 6.07 Å². The van der Waals surface area contributed by atoms with Gasteiger partial charge < -0.3 is 9.47 Å². The Balaban J connectivity index is 1.52. The van der Waals surface area contributed by atoms with Gasteiger partial charge in [0.25, 0.3) is 0 Å². The van der Waals surface area contributed by atoms with E-state index in [2.05, 4.69) is 5.32 Å². The summed E-state index contributed by atoms with van der Waals surface area (Å²) in [6.45, 7) is 5.89. The number of benzene rings is 2. The molecule has 1 aliphatic carbocycles. The van der Waals surface area contributed by atoms with Crippen LogP contribution in [0.5, 0.6) is 0 Å². The van der Waals surface area contributed by atoms with Gasteiger partial charge in [-0.3, -0.25) is 10.1 Å². The van der Waals surface area contributed by atoms with Crippen LogP contribution in [0.2, 0.25) is 0 Å². The van der Waals surface area contributed by atoms with Crippen LogP contribution >= 0.6 is 22.7 Å². The largest absolute Gasteiger partial charge is 0.465 e. The highest BCUT2D eigenvalue weighted by Gasteiger charge is 2.53. The number of esters is 1. The molecule has 2 aromatic carbocycles. The molecule has 1 fully saturated rings. The number of carbonyl (C=O) groups excluding carboxylic acids is 2. The van der Waals surface area contributed by atoms with Crippen molar-refractivity contribution in [3.63, 3.8) is 0 Å². The summed E-state index contributed by atoms with van der Waals surface area (Å²) in [6.07, 6.45) is 0.290. The fourth-order valence-corrected chi connectivity index (χ4v) is 6.40. The molecular weight excluding hydrogens is 521 g/mol. The minimum Gasteiger partial charge on any atom is -0.465 e. The maximum Gasteiger partial charge on any atom is 0.412 e. The highest BCUT2D eigenvalue weighted by atomic mass is 32.1. The van der Waals surface area contributed by atoms with Crippen LogP contribution in [0.4, 0.5) is 14.9 Å². The maximum atomic E-state index is 14.7. The quantitative estimate of drug-likeness (QED) is 0.224. The predicted octanol–water partition coefficient (Wildman–Crippen LogP) is 8.50. The third-order valence-electron chi connectivity index (χ3n) is 6.88. The first-order valence-electron chi connectivity index (χ1n) is 12.5. The summed E-state index contributed by atoms with van der Waals surface area (Å²) < 4.78 is 25.7. The average molecular weight is 550 g/mol. The third kappa shape index (κ3) is 5.11. The van der Waals surface area contributed by atoms with Crippen LogP contribution < -0.4 is 5.32 Å². The van der Waals surface area contributed by atoms with Crippen molar-refractivity contribution >= 4 is 40.4 Å². The Hall–Kier alpha value is -3.49. The lowest BCUT2D eigenvalue weighted by atomic mass is 9.89. The van der Waals surface area contributed by atoms with Gasteiger partial charge >= 0.3 is 12.1 Å². The zero-order valence-corrected chi connectivity index (χ0v) is 23.0. The molecule has 4 aromatic rings. The van der Waals surface area contributed by atoms with E-state index < -0.39 is 22.7 Å². The molecule has 196 valence electrons. The van der Waals surface area contributed by atoms with Gasteiger partial charge in [0.1, 0.15) is 6.10 Å². The van der Waals surface area contributed by atoms with E-state index in [0.29, 0.717) is 30.0 Å². The predicted molar refractivity (Wildman–Crippen MR) is 150 cm³/mol. The molecule has 5 nitrogen and oxygen atoms in total. The van der Waals surface area contributed by atoms with Crippen LogP contribution in [0.25, 0.3) is 21.6 Å². The van der Waals surface area contributed by atoms with E-state index in [9.17, 15) is 14.0 Å². The van der Waals surface area contributed by atoms with Crippen LogP contribution in [0.15, 0.2) is 66.0 Å². The standard InChI is InChI=1S/C30H28FNO4S2/c1-4-35-28(33)30(13-14-30)21-10-11-23(20-8-6-5-7-9-20)24(16-21)27-25(17-26(31)38-27)32-29(34)36-18(2)22-12-15-37-19(22)3/h5-12,15-18H,4,13-14H2,1-3H3,(H,32,34). The van der Waals surface area contributed by atoms with E-state index in [1.54, 1.807) is 18.3 Å². The van der Waals surface area contributed by atoms with Crippen LogP contribution in [0, 0.1) is 12.1 Å². The Morgan fingerprint density at radius 1 is 1.08 bits per heavy atom. The fraction of sp³-hybridized carbons (Fsp3) is 0.267. The number of halogens is 1. The molecule has 0 aliphatic heterocycles. The summed E-state index contributed by atoms with van der Waals surface area (Å²) in [5.41, 5.74) is 3.95. The molecule has 0 spiro atoms. The van der Waals surface area contributed by atoms with Gasteiger partial charge in [-0.05, 0) is 67.8 Å². The SMILES string of the molecule is CCOC(=O)C1(c2ccc(-c3ccccc3)c(-c3sc(F)cc3NC(=O)OC(C)c3ccsc3C)c2)CC1. The van der Waals surface area contributed by atoms with Gasteiger partial charge in [-0.15, -0.1) is 22.7 Å². The van der Waals surface area contributed by atoms with E-state index in [4.69, 9.17) is 9.47 Å². The molecule has 0 bridgehead atoms. The van der Waals surface area contributed by atoms with Crippen molar-refractivity contribution in [3.05, 3.63) is 87.2 Å². The number of hydrogen-bond donors (Lipinski definition) is 1. The lowest BCUT2D eigenvalue weighted by Gasteiger charge is -2.18. The van der Waals surface area contributed by atoms with Crippen LogP contribution in [0.3, 0.4) is 0 Å². The van der Waals surface area contributed by atoms with Crippen LogP contribution in [0.1, 0.15) is 48.8 Å². The molecule has 8 heteroatoms. The van der Waals surface area contributed by atoms with Crippen molar-refractivity contribution in [1.82, 2.24) is 0 Å². The lowest BCUT2D eigenvalue weighted by Crippen LogP contribution is -2.23. The van der Waals surface area contributed by atoms with Crippen molar-refractivity contribution in [2.45, 2.75) is 45.1 Å². The molecule has 1 saturated carbocycles. The first-order valence-corrected chi connectivity index (χ1v) is 14.2. The van der Waals surface area contributed by atoms with Crippen molar-refractivity contribution in [2.75, 3.05) is 11.9 Å². The molecule has 0 radical (unpaired) electrons. The Bertz CT molecular complexity index is 1470. The third-order valence-corrected chi connectivity index (χ3v) is 8.70. The minimum atomic E-state index is -0.684. The number of hydrogen-bond acceptors (Lipinski definition) is 6. The van der Waals surface area contributed by atoms with Gasteiger partial charge in [0.15, 0.2) is 5.13 Å². The number of rotatable bonds is 8. The van der Waals surface area contributed by atoms with Gasteiger partial charge in [-0.25, -0.2) is 4.79 Å². The molecular formula is C30H28FNO4S2. The van der Waals surface area contributed by atoms with E-state index in [1.807, 2.05) is 73.8 Å². The van der Waals surface area contributed by atoms with E-state index in [-0.39, 0.29) is 5.97 Å². The summed E-state index contributed by atoms with van der Waals surface area (Å²) in [7, 11) is 0. The molecule has 1 unspecified atom stereocenters. The second-order valence-electron chi connectivity index (χ2n) is 9.33. The molecule has 2 heterocycles. The molecule has 1 N–H and O–H groups in total. The second kappa shape index (κ2) is 10.7. The van der Waals surface area contributed by atoms with Gasteiger partial charge in [0, 0.05) is 22.1 Å². The molecule has 0 saturated heterocycles. The number of nitrogens with one attached hydrogen (secondary N) is 1. The lowest BCUT2D eigenvalue weighted by molar-refractivity contribution is -0.146. The number of thiophene rings is 2. The summed E-state index contributed by atoms with van der Waals surface area (Å²) in [6, 6.07) is 18.9. The topological polar surface area (TPSA) is 64.6 Å². The fourth-order valence-electron chi connectivity index (χ4n) is 4.74. The Kier molecular flexibility index (Phi) is 7.36. The zero-order valence-electron chi connectivity index (χ0n) is 21.4. The van der Waals surface area contributed by atoms with Gasteiger partial charge in [-0.2, -0.15) is 4.39 Å². The van der Waals surface area contributed by atoms with Crippen molar-refractivity contribution < 1.29 is 23.5 Å². The molecule has 1 aliphatic rings. The molecule has 1 atom stereocenters. The summed E-state index contributed by atoms with van der Waals surface area (Å²) >= 11 is 2.53. The van der Waals surface area contributed by atoms with Crippen molar-refractivity contribution in [3.8, 4) is 21.6 Å². The highest BCUT2D eigenvalue weighted by Crippen LogP contribution is 2.52. The van der Waals surface area contributed by atoms with Crippen LogP contribution in [-0.4, -0.2) is 18.7 Å². The van der Waals surface area contributed by atoms with Crippen molar-refractivity contribution in [2.24, 2.45) is 0 Å². The zero-order chi connectivity index (χ0) is 26.9. The molecule has 5 rings (SSSR count). The first-order chi connectivity index (χ1) is 18.3. The number of aryl methyl sites for hydroxylation is 1. The van der Waals surface area contributed by atoms with E-state index >= 15 is 0 Å². The maximum absolute atomic E-state index is 14.7.